The van der Waals surface area contributed by atoms with Gasteiger partial charge in [0.25, 0.3) is 0 Å². The third kappa shape index (κ3) is 6.94. The van der Waals surface area contributed by atoms with E-state index in [1.165, 1.54) is 0 Å². The number of ether oxygens (including phenoxy) is 1. The lowest BCUT2D eigenvalue weighted by atomic mass is 10.0. The number of carboxylic acid groups (broad SMARTS) is 1. The lowest BCUT2D eigenvalue weighted by Gasteiger charge is -2.35. The molecule has 0 atom stereocenters. The SMILES string of the molecule is COCCCC(=O)N(CCC(=O)O)C(C)(C)C. The van der Waals surface area contributed by atoms with Gasteiger partial charge >= 0.3 is 5.97 Å². The van der Waals surface area contributed by atoms with Gasteiger partial charge in [-0.25, -0.2) is 0 Å². The number of rotatable bonds is 7. The van der Waals surface area contributed by atoms with Gasteiger partial charge < -0.3 is 14.7 Å². The molecular weight excluding hydrogens is 222 g/mol. The van der Waals surface area contributed by atoms with Crippen LogP contribution in [-0.2, 0) is 14.3 Å². The number of nitrogens with zero attached hydrogens (tertiary/aromatic N) is 1. The number of aliphatic carboxylic acids is 1. The summed E-state index contributed by atoms with van der Waals surface area (Å²) in [6, 6.07) is 0. The van der Waals surface area contributed by atoms with Gasteiger partial charge in [0.15, 0.2) is 0 Å². The van der Waals surface area contributed by atoms with E-state index >= 15 is 0 Å². The van der Waals surface area contributed by atoms with E-state index in [0.29, 0.717) is 19.4 Å². The second-order valence-corrected chi connectivity index (χ2v) is 4.96. The third-order valence-corrected chi connectivity index (χ3v) is 2.40. The standard InChI is InChI=1S/C12H23NO4/c1-12(2,3)13(8-7-11(15)16)10(14)6-5-9-17-4/h5-9H2,1-4H3,(H,15,16). The van der Waals surface area contributed by atoms with Crippen molar-refractivity contribution in [1.82, 2.24) is 4.90 Å². The first-order valence-electron chi connectivity index (χ1n) is 5.80. The molecule has 0 aliphatic carbocycles. The van der Waals surface area contributed by atoms with E-state index in [-0.39, 0.29) is 24.4 Å². The number of carboxylic acids is 1. The summed E-state index contributed by atoms with van der Waals surface area (Å²) in [5, 5.41) is 8.67. The molecule has 0 saturated carbocycles. The molecule has 0 saturated heterocycles. The van der Waals surface area contributed by atoms with Gasteiger partial charge in [-0.1, -0.05) is 0 Å². The van der Waals surface area contributed by atoms with E-state index < -0.39 is 5.97 Å². The number of carbonyl (C=O) groups is 2. The topological polar surface area (TPSA) is 66.8 Å². The predicted octanol–water partition coefficient (Wildman–Crippen LogP) is 1.51. The first-order valence-corrected chi connectivity index (χ1v) is 5.80. The van der Waals surface area contributed by atoms with Crippen LogP contribution in [0.2, 0.25) is 0 Å². The Morgan fingerprint density at radius 2 is 1.82 bits per heavy atom. The van der Waals surface area contributed by atoms with E-state index in [1.807, 2.05) is 20.8 Å². The maximum Gasteiger partial charge on any atom is 0.305 e. The van der Waals surface area contributed by atoms with Gasteiger partial charge in [-0.3, -0.25) is 9.59 Å². The summed E-state index contributed by atoms with van der Waals surface area (Å²) in [7, 11) is 1.59. The minimum atomic E-state index is -0.885. The first kappa shape index (κ1) is 15.9. The summed E-state index contributed by atoms with van der Waals surface area (Å²) >= 11 is 0. The van der Waals surface area contributed by atoms with E-state index in [1.54, 1.807) is 12.0 Å². The van der Waals surface area contributed by atoms with Crippen molar-refractivity contribution in [3.05, 3.63) is 0 Å². The third-order valence-electron chi connectivity index (χ3n) is 2.40. The molecule has 5 nitrogen and oxygen atoms in total. The average Bonchev–Trinajstić information content (AvgIpc) is 2.15. The predicted molar refractivity (Wildman–Crippen MR) is 64.8 cm³/mol. The molecule has 0 heterocycles. The normalized spacial score (nSPS) is 11.3. The van der Waals surface area contributed by atoms with Crippen LogP contribution in [0.4, 0.5) is 0 Å². The maximum atomic E-state index is 12.0. The quantitative estimate of drug-likeness (QED) is 0.690. The fourth-order valence-corrected chi connectivity index (χ4v) is 1.54. The van der Waals surface area contributed by atoms with Gasteiger partial charge in [-0.05, 0) is 27.2 Å². The van der Waals surface area contributed by atoms with Crippen molar-refractivity contribution in [1.29, 1.82) is 0 Å². The first-order chi connectivity index (χ1) is 7.79. The smallest absolute Gasteiger partial charge is 0.305 e. The molecule has 0 spiro atoms. The summed E-state index contributed by atoms with van der Waals surface area (Å²) in [6.07, 6.45) is 1.03. The van der Waals surface area contributed by atoms with Crippen molar-refractivity contribution in [3.8, 4) is 0 Å². The number of hydrogen-bond acceptors (Lipinski definition) is 3. The summed E-state index contributed by atoms with van der Waals surface area (Å²) < 4.78 is 4.89. The second kappa shape index (κ2) is 7.27. The van der Waals surface area contributed by atoms with Crippen LogP contribution < -0.4 is 0 Å². The molecule has 5 heteroatoms. The van der Waals surface area contributed by atoms with E-state index in [4.69, 9.17) is 9.84 Å². The zero-order valence-corrected chi connectivity index (χ0v) is 11.2. The zero-order chi connectivity index (χ0) is 13.5. The Bertz CT molecular complexity index is 258. The number of carbonyl (C=O) groups excluding carboxylic acids is 1. The van der Waals surface area contributed by atoms with Crippen molar-refractivity contribution >= 4 is 11.9 Å². The lowest BCUT2D eigenvalue weighted by molar-refractivity contribution is -0.140. The molecule has 0 fully saturated rings. The fraction of sp³-hybridized carbons (Fsp3) is 0.833. The molecule has 0 aromatic heterocycles. The van der Waals surface area contributed by atoms with Crippen LogP contribution in [0.1, 0.15) is 40.0 Å². The molecule has 0 aliphatic heterocycles. The monoisotopic (exact) mass is 245 g/mol. The van der Waals surface area contributed by atoms with Crippen molar-refractivity contribution in [2.45, 2.75) is 45.6 Å². The van der Waals surface area contributed by atoms with Crippen molar-refractivity contribution < 1.29 is 19.4 Å². The fourth-order valence-electron chi connectivity index (χ4n) is 1.54. The Morgan fingerprint density at radius 1 is 1.24 bits per heavy atom. The van der Waals surface area contributed by atoms with Crippen LogP contribution in [0, 0.1) is 0 Å². The molecule has 0 unspecified atom stereocenters. The highest BCUT2D eigenvalue weighted by Gasteiger charge is 2.26. The van der Waals surface area contributed by atoms with E-state index in [0.717, 1.165) is 0 Å². The van der Waals surface area contributed by atoms with Crippen molar-refractivity contribution in [3.63, 3.8) is 0 Å². The summed E-state index contributed by atoms with van der Waals surface area (Å²) in [5.74, 6) is -0.903. The minimum Gasteiger partial charge on any atom is -0.481 e. The summed E-state index contributed by atoms with van der Waals surface area (Å²) in [6.45, 7) is 6.52. The van der Waals surface area contributed by atoms with Crippen LogP contribution >= 0.6 is 0 Å². The Labute approximate surface area is 103 Å². The molecule has 0 bridgehead atoms. The van der Waals surface area contributed by atoms with E-state index in [9.17, 15) is 9.59 Å². The van der Waals surface area contributed by atoms with Crippen molar-refractivity contribution in [2.24, 2.45) is 0 Å². The molecule has 0 radical (unpaired) electrons. The van der Waals surface area contributed by atoms with Crippen molar-refractivity contribution in [2.75, 3.05) is 20.3 Å². The van der Waals surface area contributed by atoms with Gasteiger partial charge in [-0.15, -0.1) is 0 Å². The number of hydrogen-bond donors (Lipinski definition) is 1. The Balaban J connectivity index is 4.36. The summed E-state index contributed by atoms with van der Waals surface area (Å²) in [5.41, 5.74) is -0.348. The molecule has 100 valence electrons. The highest BCUT2D eigenvalue weighted by atomic mass is 16.5. The molecule has 0 aliphatic rings. The maximum absolute atomic E-state index is 12.0. The van der Waals surface area contributed by atoms with Crippen LogP contribution in [-0.4, -0.2) is 47.7 Å². The highest BCUT2D eigenvalue weighted by molar-refractivity contribution is 5.77. The van der Waals surface area contributed by atoms with Crippen LogP contribution in [0.5, 0.6) is 0 Å². The van der Waals surface area contributed by atoms with Gasteiger partial charge in [0, 0.05) is 32.2 Å². The van der Waals surface area contributed by atoms with Gasteiger partial charge in [-0.2, -0.15) is 0 Å². The van der Waals surface area contributed by atoms with Crippen LogP contribution in [0.25, 0.3) is 0 Å². The lowest BCUT2D eigenvalue weighted by Crippen LogP contribution is -2.46. The van der Waals surface area contributed by atoms with E-state index in [2.05, 4.69) is 0 Å². The molecule has 0 rings (SSSR count). The highest BCUT2D eigenvalue weighted by Crippen LogP contribution is 2.16. The van der Waals surface area contributed by atoms with Crippen LogP contribution in [0.15, 0.2) is 0 Å². The second-order valence-electron chi connectivity index (χ2n) is 4.96. The summed E-state index contributed by atoms with van der Waals surface area (Å²) in [4.78, 5) is 24.1. The minimum absolute atomic E-state index is 0.0178. The van der Waals surface area contributed by atoms with Gasteiger partial charge in [0.1, 0.15) is 0 Å². The molecule has 17 heavy (non-hydrogen) atoms. The molecule has 0 aromatic rings. The molecule has 1 N–H and O–H groups in total. The zero-order valence-electron chi connectivity index (χ0n) is 11.2. The molecule has 1 amide bonds. The Hall–Kier alpha value is -1.10. The molecule has 0 aromatic carbocycles. The molecular formula is C12H23NO4. The van der Waals surface area contributed by atoms with Gasteiger partial charge in [0.2, 0.25) is 5.91 Å². The number of methoxy groups -OCH3 is 1. The Morgan fingerprint density at radius 3 is 2.24 bits per heavy atom. The largest absolute Gasteiger partial charge is 0.481 e. The number of amides is 1. The van der Waals surface area contributed by atoms with Crippen LogP contribution in [0.3, 0.4) is 0 Å². The van der Waals surface area contributed by atoms with Gasteiger partial charge in [0.05, 0.1) is 6.42 Å². The Kier molecular flexibility index (Phi) is 6.80. The average molecular weight is 245 g/mol.